The zero-order valence-electron chi connectivity index (χ0n) is 15.0. The summed E-state index contributed by atoms with van der Waals surface area (Å²) >= 11 is 0. The number of morpholine rings is 1. The van der Waals surface area contributed by atoms with Crippen LogP contribution in [0.4, 0.5) is 4.79 Å². The summed E-state index contributed by atoms with van der Waals surface area (Å²) in [5.41, 5.74) is 2.33. The molecule has 0 saturated carbocycles. The van der Waals surface area contributed by atoms with Gasteiger partial charge in [-0.25, -0.2) is 4.79 Å². The third-order valence-electron chi connectivity index (χ3n) is 5.07. The Kier molecular flexibility index (Phi) is 6.67. The Morgan fingerprint density at radius 1 is 1.16 bits per heavy atom. The van der Waals surface area contributed by atoms with Crippen molar-refractivity contribution in [2.45, 2.75) is 25.9 Å². The Balaban J connectivity index is 1.47. The molecule has 6 nitrogen and oxygen atoms in total. The summed E-state index contributed by atoms with van der Waals surface area (Å²) in [4.78, 5) is 14.6. The average molecular weight is 347 g/mol. The number of nitrogens with zero attached hydrogens (tertiary/aromatic N) is 1. The van der Waals surface area contributed by atoms with Gasteiger partial charge in [-0.3, -0.25) is 4.90 Å². The highest BCUT2D eigenvalue weighted by molar-refractivity contribution is 5.73. The molecule has 0 aliphatic carbocycles. The van der Waals surface area contributed by atoms with Gasteiger partial charge in [0.2, 0.25) is 0 Å². The van der Waals surface area contributed by atoms with E-state index in [2.05, 4.69) is 34.6 Å². The molecule has 2 fully saturated rings. The molecule has 2 aliphatic rings. The van der Waals surface area contributed by atoms with Gasteiger partial charge in [-0.15, -0.1) is 0 Å². The Hall–Kier alpha value is -1.63. The summed E-state index contributed by atoms with van der Waals surface area (Å²) in [6.45, 7) is 8.24. The molecule has 3 rings (SSSR count). The van der Waals surface area contributed by atoms with Crippen molar-refractivity contribution in [1.29, 1.82) is 0 Å². The van der Waals surface area contributed by atoms with E-state index in [-0.39, 0.29) is 6.03 Å². The maximum absolute atomic E-state index is 12.2. The fourth-order valence-electron chi connectivity index (χ4n) is 3.51. The summed E-state index contributed by atoms with van der Waals surface area (Å²) < 4.78 is 11.0. The molecule has 138 valence electrons. The topological polar surface area (TPSA) is 62.8 Å². The first kappa shape index (κ1) is 18.2. The Labute approximate surface area is 149 Å². The minimum Gasteiger partial charge on any atom is -0.381 e. The van der Waals surface area contributed by atoms with Crippen LogP contribution in [0.5, 0.6) is 0 Å². The summed E-state index contributed by atoms with van der Waals surface area (Å²) in [6, 6.07) is 8.41. The number of hydrogen-bond donors (Lipinski definition) is 2. The largest absolute Gasteiger partial charge is 0.381 e. The van der Waals surface area contributed by atoms with Crippen LogP contribution in [0, 0.1) is 12.8 Å². The first-order valence-electron chi connectivity index (χ1n) is 9.19. The number of aryl methyl sites for hydroxylation is 1. The fraction of sp³-hybridized carbons (Fsp3) is 0.632. The molecule has 2 heterocycles. The first-order chi connectivity index (χ1) is 12.2. The van der Waals surface area contributed by atoms with E-state index in [0.717, 1.165) is 51.5 Å². The fourth-order valence-corrected chi connectivity index (χ4v) is 3.51. The van der Waals surface area contributed by atoms with E-state index in [4.69, 9.17) is 9.47 Å². The molecule has 0 bridgehead atoms. The van der Waals surface area contributed by atoms with Crippen molar-refractivity contribution >= 4 is 6.03 Å². The molecule has 1 aromatic rings. The number of amides is 2. The number of urea groups is 1. The number of ether oxygens (including phenoxy) is 2. The van der Waals surface area contributed by atoms with Crippen molar-refractivity contribution in [3.63, 3.8) is 0 Å². The number of hydrogen-bond acceptors (Lipinski definition) is 4. The van der Waals surface area contributed by atoms with Crippen molar-refractivity contribution in [2.24, 2.45) is 5.92 Å². The van der Waals surface area contributed by atoms with Crippen LogP contribution < -0.4 is 10.6 Å². The first-order valence-corrected chi connectivity index (χ1v) is 9.19. The lowest BCUT2D eigenvalue weighted by Crippen LogP contribution is -2.53. The second-order valence-corrected chi connectivity index (χ2v) is 6.89. The van der Waals surface area contributed by atoms with Crippen LogP contribution in [0.1, 0.15) is 17.5 Å². The van der Waals surface area contributed by atoms with E-state index >= 15 is 0 Å². The second-order valence-electron chi connectivity index (χ2n) is 6.89. The highest BCUT2D eigenvalue weighted by Crippen LogP contribution is 2.21. The molecule has 1 aromatic carbocycles. The molecule has 0 radical (unpaired) electrons. The van der Waals surface area contributed by atoms with Crippen LogP contribution in [-0.2, 0) is 16.0 Å². The van der Waals surface area contributed by atoms with Crippen LogP contribution in [0.15, 0.2) is 24.3 Å². The van der Waals surface area contributed by atoms with Crippen molar-refractivity contribution in [3.05, 3.63) is 35.4 Å². The molecule has 2 amide bonds. The van der Waals surface area contributed by atoms with E-state index in [1.807, 2.05) is 12.1 Å². The maximum Gasteiger partial charge on any atom is 0.315 e. The standard InChI is InChI=1S/C19H29N3O3/c1-15-2-4-16(5-3-15)12-20-19(23)21-13-18(17-6-9-25-14-17)22-7-10-24-11-8-22/h2-5,17-18H,6-14H2,1H3,(H2,20,21,23)/t17-,18-/m1/s1. The minimum atomic E-state index is -0.113. The summed E-state index contributed by atoms with van der Waals surface area (Å²) in [5, 5.41) is 5.99. The van der Waals surface area contributed by atoms with E-state index in [1.165, 1.54) is 5.56 Å². The molecule has 0 spiro atoms. The molecule has 25 heavy (non-hydrogen) atoms. The van der Waals surface area contributed by atoms with Gasteiger partial charge in [-0.2, -0.15) is 0 Å². The molecule has 0 aromatic heterocycles. The van der Waals surface area contributed by atoms with E-state index in [0.29, 0.717) is 25.0 Å². The number of carbonyl (C=O) groups excluding carboxylic acids is 1. The normalized spacial score (nSPS) is 22.5. The predicted molar refractivity (Wildman–Crippen MR) is 96.5 cm³/mol. The highest BCUT2D eigenvalue weighted by Gasteiger charge is 2.31. The molecule has 0 unspecified atom stereocenters. The number of rotatable bonds is 6. The lowest BCUT2D eigenvalue weighted by molar-refractivity contribution is 0.00212. The zero-order chi connectivity index (χ0) is 17.5. The van der Waals surface area contributed by atoms with Crippen LogP contribution in [0.3, 0.4) is 0 Å². The quantitative estimate of drug-likeness (QED) is 0.819. The van der Waals surface area contributed by atoms with Crippen molar-refractivity contribution in [3.8, 4) is 0 Å². The van der Waals surface area contributed by atoms with Crippen molar-refractivity contribution in [2.75, 3.05) is 46.1 Å². The SMILES string of the molecule is Cc1ccc(CNC(=O)NC[C@H]([C@@H]2CCOC2)N2CCOCC2)cc1. The summed E-state index contributed by atoms with van der Waals surface area (Å²) in [5.74, 6) is 0.482. The summed E-state index contributed by atoms with van der Waals surface area (Å²) in [6.07, 6.45) is 1.06. The van der Waals surface area contributed by atoms with Crippen LogP contribution in [0.25, 0.3) is 0 Å². The van der Waals surface area contributed by atoms with Gasteiger partial charge in [-0.1, -0.05) is 29.8 Å². The van der Waals surface area contributed by atoms with Gasteiger partial charge in [-0.05, 0) is 18.9 Å². The number of carbonyl (C=O) groups is 1. The van der Waals surface area contributed by atoms with Crippen LogP contribution in [-0.4, -0.2) is 63.0 Å². The molecule has 2 aliphatic heterocycles. The van der Waals surface area contributed by atoms with Gasteiger partial charge >= 0.3 is 6.03 Å². The number of benzene rings is 1. The molecule has 6 heteroatoms. The monoisotopic (exact) mass is 347 g/mol. The Morgan fingerprint density at radius 2 is 1.92 bits per heavy atom. The third-order valence-corrected chi connectivity index (χ3v) is 5.07. The summed E-state index contributed by atoms with van der Waals surface area (Å²) in [7, 11) is 0. The van der Waals surface area contributed by atoms with Gasteiger partial charge in [0.15, 0.2) is 0 Å². The third kappa shape index (κ3) is 5.42. The van der Waals surface area contributed by atoms with E-state index in [1.54, 1.807) is 0 Å². The van der Waals surface area contributed by atoms with Crippen LogP contribution in [0.2, 0.25) is 0 Å². The van der Waals surface area contributed by atoms with E-state index in [9.17, 15) is 4.79 Å². The number of nitrogens with one attached hydrogen (secondary N) is 2. The molecule has 2 N–H and O–H groups in total. The zero-order valence-corrected chi connectivity index (χ0v) is 15.0. The van der Waals surface area contributed by atoms with Gasteiger partial charge in [0.05, 0.1) is 19.8 Å². The predicted octanol–water partition coefficient (Wildman–Crippen LogP) is 1.53. The lowest BCUT2D eigenvalue weighted by atomic mass is 9.97. The lowest BCUT2D eigenvalue weighted by Gasteiger charge is -2.37. The molecule has 2 saturated heterocycles. The smallest absolute Gasteiger partial charge is 0.315 e. The molecular weight excluding hydrogens is 318 g/mol. The highest BCUT2D eigenvalue weighted by atomic mass is 16.5. The average Bonchev–Trinajstić information content (AvgIpc) is 3.17. The van der Waals surface area contributed by atoms with Gasteiger partial charge in [0, 0.05) is 44.7 Å². The molecular formula is C19H29N3O3. The Bertz CT molecular complexity index is 537. The second kappa shape index (κ2) is 9.17. The maximum atomic E-state index is 12.2. The van der Waals surface area contributed by atoms with Gasteiger partial charge in [0.1, 0.15) is 0 Å². The molecule has 2 atom stereocenters. The van der Waals surface area contributed by atoms with Crippen molar-refractivity contribution in [1.82, 2.24) is 15.5 Å². The Morgan fingerprint density at radius 3 is 2.60 bits per heavy atom. The minimum absolute atomic E-state index is 0.113. The van der Waals surface area contributed by atoms with Crippen LogP contribution >= 0.6 is 0 Å². The van der Waals surface area contributed by atoms with E-state index < -0.39 is 0 Å². The van der Waals surface area contributed by atoms with Gasteiger partial charge < -0.3 is 20.1 Å². The van der Waals surface area contributed by atoms with Gasteiger partial charge in [0.25, 0.3) is 0 Å². The van der Waals surface area contributed by atoms with Crippen molar-refractivity contribution < 1.29 is 14.3 Å².